The molecule has 0 aliphatic heterocycles. The predicted octanol–water partition coefficient (Wildman–Crippen LogP) is -1.21. The molecule has 1 aromatic heterocycles. The lowest BCUT2D eigenvalue weighted by molar-refractivity contribution is -0.136. The van der Waals surface area contributed by atoms with E-state index in [4.69, 9.17) is 5.11 Å². The van der Waals surface area contributed by atoms with Gasteiger partial charge < -0.3 is 5.11 Å². The monoisotopic (exact) mass is 204 g/mol. The third-order valence-corrected chi connectivity index (χ3v) is 2.61. The molecule has 13 heavy (non-hydrogen) atoms. The molecule has 0 saturated heterocycles. The maximum Gasteiger partial charge on any atom is 0.304 e. The van der Waals surface area contributed by atoms with E-state index in [1.165, 1.54) is 4.68 Å². The number of aryl methyl sites for hydroxylation is 1. The second-order valence-corrected chi connectivity index (χ2v) is 3.74. The molecule has 1 rings (SSSR count). The lowest BCUT2D eigenvalue weighted by Gasteiger charge is -1.96. The molecule has 7 nitrogen and oxygen atoms in total. The molecule has 0 aliphatic rings. The molecule has 72 valence electrons. The molecule has 0 amide bonds. The van der Waals surface area contributed by atoms with E-state index in [9.17, 15) is 9.00 Å². The van der Waals surface area contributed by atoms with Gasteiger partial charge in [0, 0.05) is 12.8 Å². The van der Waals surface area contributed by atoms with Crippen LogP contribution in [0, 0.1) is 0 Å². The van der Waals surface area contributed by atoms with Crippen LogP contribution in [0.25, 0.3) is 0 Å². The Morgan fingerprint density at radius 3 is 2.85 bits per heavy atom. The van der Waals surface area contributed by atoms with Crippen molar-refractivity contribution in [2.75, 3.05) is 5.75 Å². The van der Waals surface area contributed by atoms with Gasteiger partial charge in [0.1, 0.15) is 0 Å². The molecule has 1 heterocycles. The first kappa shape index (κ1) is 9.78. The van der Waals surface area contributed by atoms with E-state index >= 15 is 0 Å². The summed E-state index contributed by atoms with van der Waals surface area (Å²) >= 11 is 0. The Labute approximate surface area is 76.2 Å². The molecule has 0 aromatic carbocycles. The van der Waals surface area contributed by atoms with Crippen LogP contribution in [0.15, 0.2) is 5.16 Å². The van der Waals surface area contributed by atoms with Gasteiger partial charge >= 0.3 is 5.97 Å². The molecule has 0 fully saturated rings. The number of aromatic nitrogens is 4. The number of carboxylic acids is 1. The van der Waals surface area contributed by atoms with E-state index < -0.39 is 16.8 Å². The van der Waals surface area contributed by atoms with Gasteiger partial charge in [0.2, 0.25) is 5.16 Å². The lowest BCUT2D eigenvalue weighted by Crippen LogP contribution is -2.09. The summed E-state index contributed by atoms with van der Waals surface area (Å²) in [5, 5.41) is 18.8. The van der Waals surface area contributed by atoms with Crippen molar-refractivity contribution in [1.29, 1.82) is 0 Å². The molecule has 0 radical (unpaired) electrons. The average molecular weight is 204 g/mol. The molecule has 0 saturated carbocycles. The van der Waals surface area contributed by atoms with E-state index in [-0.39, 0.29) is 17.3 Å². The van der Waals surface area contributed by atoms with E-state index in [0.29, 0.717) is 0 Å². The number of rotatable bonds is 4. The van der Waals surface area contributed by atoms with Crippen molar-refractivity contribution in [2.45, 2.75) is 11.6 Å². The van der Waals surface area contributed by atoms with Gasteiger partial charge in [-0.2, -0.15) is 0 Å². The maximum absolute atomic E-state index is 11.3. The largest absolute Gasteiger partial charge is 0.481 e. The Morgan fingerprint density at radius 2 is 2.38 bits per heavy atom. The van der Waals surface area contributed by atoms with Crippen LogP contribution in [0.4, 0.5) is 0 Å². The molecule has 8 heteroatoms. The molecule has 1 aromatic rings. The highest BCUT2D eigenvalue weighted by Crippen LogP contribution is 1.99. The minimum atomic E-state index is -1.44. The fraction of sp³-hybridized carbons (Fsp3) is 0.600. The summed E-state index contributed by atoms with van der Waals surface area (Å²) in [4.78, 5) is 10.2. The maximum atomic E-state index is 11.3. The summed E-state index contributed by atoms with van der Waals surface area (Å²) in [6.45, 7) is 0. The summed E-state index contributed by atoms with van der Waals surface area (Å²) in [6.07, 6.45) is -0.153. The first-order valence-corrected chi connectivity index (χ1v) is 4.75. The predicted molar refractivity (Wildman–Crippen MR) is 42.3 cm³/mol. The highest BCUT2D eigenvalue weighted by atomic mass is 32.2. The molecular formula is C5H8N4O3S. The Bertz CT molecular complexity index is 336. The van der Waals surface area contributed by atoms with Crippen molar-refractivity contribution in [3.63, 3.8) is 0 Å². The van der Waals surface area contributed by atoms with Gasteiger partial charge in [-0.05, 0) is 10.4 Å². The van der Waals surface area contributed by atoms with Crippen LogP contribution in [0.2, 0.25) is 0 Å². The quantitative estimate of drug-likeness (QED) is 0.661. The normalized spacial score (nSPS) is 12.7. The Hall–Kier alpha value is -1.31. The number of carbonyl (C=O) groups is 1. The summed E-state index contributed by atoms with van der Waals surface area (Å²) in [6, 6.07) is 0. The van der Waals surface area contributed by atoms with E-state index in [2.05, 4.69) is 15.5 Å². The van der Waals surface area contributed by atoms with Crippen molar-refractivity contribution < 1.29 is 14.1 Å². The lowest BCUT2D eigenvalue weighted by atomic mass is 10.5. The molecule has 0 aliphatic carbocycles. The second kappa shape index (κ2) is 4.08. The summed E-state index contributed by atoms with van der Waals surface area (Å²) in [5.41, 5.74) is 0. The highest BCUT2D eigenvalue weighted by Gasteiger charge is 2.12. The first-order valence-electron chi connectivity index (χ1n) is 3.44. The average Bonchev–Trinajstić information content (AvgIpc) is 2.47. The van der Waals surface area contributed by atoms with E-state index in [1.807, 2.05) is 0 Å². The van der Waals surface area contributed by atoms with Gasteiger partial charge in [-0.15, -0.1) is 0 Å². The third-order valence-electron chi connectivity index (χ3n) is 1.29. The molecule has 1 N–H and O–H groups in total. The number of nitrogens with zero attached hydrogens (tertiary/aromatic N) is 4. The fourth-order valence-corrected chi connectivity index (χ4v) is 1.69. The number of hydrogen-bond acceptors (Lipinski definition) is 5. The smallest absolute Gasteiger partial charge is 0.304 e. The molecule has 1 unspecified atom stereocenters. The summed E-state index contributed by atoms with van der Waals surface area (Å²) in [7, 11) is 0.111. The zero-order valence-electron chi connectivity index (χ0n) is 6.88. The van der Waals surface area contributed by atoms with Gasteiger partial charge in [-0.25, -0.2) is 4.68 Å². The first-order chi connectivity index (χ1) is 6.11. The number of tetrazole rings is 1. The SMILES string of the molecule is Cn1nnnc1S(=O)CCC(=O)O. The van der Waals surface area contributed by atoms with Crippen LogP contribution in [0.1, 0.15) is 6.42 Å². The molecule has 1 atom stereocenters. The number of carboxylic acid groups (broad SMARTS) is 1. The minimum absolute atomic E-state index is 0.0313. The van der Waals surface area contributed by atoms with Crippen LogP contribution in [0.3, 0.4) is 0 Å². The molecule has 0 bridgehead atoms. The van der Waals surface area contributed by atoms with Gasteiger partial charge in [-0.3, -0.25) is 9.00 Å². The molecule has 0 spiro atoms. The topological polar surface area (TPSA) is 98.0 Å². The van der Waals surface area contributed by atoms with Crippen molar-refractivity contribution in [1.82, 2.24) is 20.2 Å². The standard InChI is InChI=1S/C5H8N4O3S/c1-9-5(6-7-8-9)13(12)3-2-4(10)11/h2-3H2,1H3,(H,10,11). The minimum Gasteiger partial charge on any atom is -0.481 e. The Balaban J connectivity index is 2.59. The summed E-state index contributed by atoms with van der Waals surface area (Å²) < 4.78 is 12.6. The van der Waals surface area contributed by atoms with Crippen LogP contribution in [0.5, 0.6) is 0 Å². The van der Waals surface area contributed by atoms with Crippen molar-refractivity contribution >= 4 is 16.8 Å². The van der Waals surface area contributed by atoms with Crippen LogP contribution >= 0.6 is 0 Å². The number of hydrogen-bond donors (Lipinski definition) is 1. The zero-order valence-corrected chi connectivity index (χ0v) is 7.69. The van der Waals surface area contributed by atoms with Crippen LogP contribution < -0.4 is 0 Å². The van der Waals surface area contributed by atoms with Crippen LogP contribution in [-0.2, 0) is 22.6 Å². The van der Waals surface area contributed by atoms with Gasteiger partial charge in [-0.1, -0.05) is 5.10 Å². The summed E-state index contributed by atoms with van der Waals surface area (Å²) in [5.74, 6) is -0.952. The van der Waals surface area contributed by atoms with Crippen molar-refractivity contribution in [3.05, 3.63) is 0 Å². The van der Waals surface area contributed by atoms with Crippen LogP contribution in [-0.4, -0.2) is 41.2 Å². The van der Waals surface area contributed by atoms with Gasteiger partial charge in [0.05, 0.1) is 17.2 Å². The zero-order chi connectivity index (χ0) is 9.84. The van der Waals surface area contributed by atoms with Crippen molar-refractivity contribution in [2.24, 2.45) is 7.05 Å². The van der Waals surface area contributed by atoms with Crippen molar-refractivity contribution in [3.8, 4) is 0 Å². The van der Waals surface area contributed by atoms with Gasteiger partial charge in [0.15, 0.2) is 0 Å². The second-order valence-electron chi connectivity index (χ2n) is 2.28. The fourth-order valence-electron chi connectivity index (χ4n) is 0.685. The third kappa shape index (κ3) is 2.58. The Morgan fingerprint density at radius 1 is 1.69 bits per heavy atom. The Kier molecular flexibility index (Phi) is 3.07. The number of aliphatic carboxylic acids is 1. The highest BCUT2D eigenvalue weighted by molar-refractivity contribution is 7.84. The van der Waals surface area contributed by atoms with E-state index in [0.717, 1.165) is 0 Å². The molecular weight excluding hydrogens is 196 g/mol. The van der Waals surface area contributed by atoms with Gasteiger partial charge in [0.25, 0.3) is 0 Å². The van der Waals surface area contributed by atoms with E-state index in [1.54, 1.807) is 7.05 Å².